The lowest BCUT2D eigenvalue weighted by atomic mass is 10.3. The number of aryl methyl sites for hydroxylation is 1. The molecule has 0 saturated heterocycles. The number of hydrogen-bond donors (Lipinski definition) is 4. The van der Waals surface area contributed by atoms with Gasteiger partial charge in [0, 0.05) is 6.07 Å². The summed E-state index contributed by atoms with van der Waals surface area (Å²) in [5.74, 6) is 0.0972. The molecule has 0 aliphatic carbocycles. The van der Waals surface area contributed by atoms with Gasteiger partial charge in [-0.15, -0.1) is 5.11 Å². The third kappa shape index (κ3) is 3.58. The van der Waals surface area contributed by atoms with Crippen LogP contribution in [0.25, 0.3) is 0 Å². The number of anilines is 1. The number of benzene rings is 1. The minimum absolute atomic E-state index is 0.0190. The molecule has 3 rings (SSSR count). The fourth-order valence-electron chi connectivity index (χ4n) is 1.85. The SMILES string of the molecule is Cc1cc(NS(=O)(=O)c2ccc(N=Nc3c(O)[nH][nH]c3=O)cc2)no1. The van der Waals surface area contributed by atoms with Gasteiger partial charge in [0.15, 0.2) is 5.82 Å². The van der Waals surface area contributed by atoms with E-state index >= 15 is 0 Å². The molecule has 0 spiro atoms. The number of azo groups is 1. The van der Waals surface area contributed by atoms with Crippen molar-refractivity contribution < 1.29 is 18.0 Å². The van der Waals surface area contributed by atoms with Crippen molar-refractivity contribution in [3.05, 3.63) is 46.4 Å². The first-order valence-corrected chi connectivity index (χ1v) is 8.31. The van der Waals surface area contributed by atoms with Gasteiger partial charge in [0.1, 0.15) is 5.76 Å². The minimum atomic E-state index is -3.83. The van der Waals surface area contributed by atoms with Crippen LogP contribution in [0.2, 0.25) is 0 Å². The molecule has 2 aromatic heterocycles. The van der Waals surface area contributed by atoms with E-state index in [0.29, 0.717) is 5.76 Å². The monoisotopic (exact) mass is 364 g/mol. The quantitative estimate of drug-likeness (QED) is 0.505. The van der Waals surface area contributed by atoms with E-state index in [1.54, 1.807) is 6.92 Å². The average Bonchev–Trinajstić information content (AvgIpc) is 3.11. The zero-order valence-electron chi connectivity index (χ0n) is 12.7. The molecule has 0 amide bonds. The summed E-state index contributed by atoms with van der Waals surface area (Å²) >= 11 is 0. The van der Waals surface area contributed by atoms with Crippen LogP contribution >= 0.6 is 0 Å². The molecule has 0 saturated carbocycles. The Labute approximate surface area is 140 Å². The maximum atomic E-state index is 12.2. The lowest BCUT2D eigenvalue weighted by molar-refractivity contribution is 0.400. The van der Waals surface area contributed by atoms with Crippen LogP contribution in [-0.4, -0.2) is 28.9 Å². The van der Waals surface area contributed by atoms with E-state index in [2.05, 4.69) is 30.3 Å². The van der Waals surface area contributed by atoms with Crippen LogP contribution in [0, 0.1) is 6.92 Å². The highest BCUT2D eigenvalue weighted by Gasteiger charge is 2.16. The van der Waals surface area contributed by atoms with Crippen molar-refractivity contribution in [2.75, 3.05) is 4.72 Å². The van der Waals surface area contributed by atoms with Crippen LogP contribution in [0.3, 0.4) is 0 Å². The number of rotatable bonds is 5. The van der Waals surface area contributed by atoms with Crippen LogP contribution in [0.1, 0.15) is 5.76 Å². The lowest BCUT2D eigenvalue weighted by Gasteiger charge is -2.04. The van der Waals surface area contributed by atoms with Crippen LogP contribution in [0.4, 0.5) is 17.2 Å². The highest BCUT2D eigenvalue weighted by molar-refractivity contribution is 7.92. The van der Waals surface area contributed by atoms with Crippen molar-refractivity contribution in [1.29, 1.82) is 0 Å². The molecule has 25 heavy (non-hydrogen) atoms. The molecular weight excluding hydrogens is 352 g/mol. The van der Waals surface area contributed by atoms with Crippen molar-refractivity contribution in [1.82, 2.24) is 15.4 Å². The van der Waals surface area contributed by atoms with E-state index < -0.39 is 21.5 Å². The number of sulfonamides is 1. The molecule has 11 nitrogen and oxygen atoms in total. The molecule has 130 valence electrons. The van der Waals surface area contributed by atoms with Gasteiger partial charge in [0.2, 0.25) is 11.6 Å². The van der Waals surface area contributed by atoms with Crippen LogP contribution in [0.5, 0.6) is 5.88 Å². The second-order valence-electron chi connectivity index (χ2n) is 4.90. The van der Waals surface area contributed by atoms with Crippen LogP contribution < -0.4 is 10.3 Å². The van der Waals surface area contributed by atoms with Gasteiger partial charge >= 0.3 is 0 Å². The van der Waals surface area contributed by atoms with Crippen molar-refractivity contribution in [2.24, 2.45) is 10.2 Å². The fourth-order valence-corrected chi connectivity index (χ4v) is 2.83. The van der Waals surface area contributed by atoms with E-state index in [9.17, 15) is 18.3 Å². The molecule has 12 heteroatoms. The van der Waals surface area contributed by atoms with E-state index in [-0.39, 0.29) is 22.1 Å². The van der Waals surface area contributed by atoms with Gasteiger partial charge in [-0.05, 0) is 31.2 Å². The molecule has 0 aliphatic rings. The fraction of sp³-hybridized carbons (Fsp3) is 0.0769. The molecule has 0 atom stereocenters. The number of aromatic nitrogens is 3. The third-order valence-electron chi connectivity index (χ3n) is 3.01. The van der Waals surface area contributed by atoms with Gasteiger partial charge in [-0.3, -0.25) is 19.7 Å². The van der Waals surface area contributed by atoms with E-state index in [4.69, 9.17) is 4.52 Å². The number of nitrogens with zero attached hydrogens (tertiary/aromatic N) is 3. The summed E-state index contributed by atoms with van der Waals surface area (Å²) in [5, 5.41) is 24.6. The van der Waals surface area contributed by atoms with Crippen molar-refractivity contribution >= 4 is 27.2 Å². The molecule has 0 radical (unpaired) electrons. The molecule has 0 fully saturated rings. The Morgan fingerprint density at radius 3 is 2.48 bits per heavy atom. The van der Waals surface area contributed by atoms with E-state index in [1.165, 1.54) is 30.3 Å². The highest BCUT2D eigenvalue weighted by Crippen LogP contribution is 2.23. The summed E-state index contributed by atoms with van der Waals surface area (Å²) in [6.45, 7) is 1.64. The molecular formula is C13H12N6O5S. The summed E-state index contributed by atoms with van der Waals surface area (Å²) in [7, 11) is -3.83. The normalized spacial score (nSPS) is 11.9. The first-order chi connectivity index (χ1) is 11.8. The van der Waals surface area contributed by atoms with Gasteiger partial charge in [0.05, 0.1) is 10.6 Å². The standard InChI is InChI=1S/C13H12N6O5S/c1-7-6-10(18-24-7)19-25(22,23)9-4-2-8(3-5-9)14-15-11-12(20)16-17-13(11)21/h2-6H,1H3,(H,18,19)(H3,16,17,20,21). The molecule has 0 aliphatic heterocycles. The molecule has 1 aromatic carbocycles. The number of nitrogens with one attached hydrogen (secondary N) is 3. The van der Waals surface area contributed by atoms with Crippen molar-refractivity contribution in [3.63, 3.8) is 0 Å². The zero-order chi connectivity index (χ0) is 18.0. The molecule has 0 unspecified atom stereocenters. The Bertz CT molecular complexity index is 1080. The predicted molar refractivity (Wildman–Crippen MR) is 85.7 cm³/mol. The first-order valence-electron chi connectivity index (χ1n) is 6.83. The first kappa shape index (κ1) is 16.4. The molecule has 4 N–H and O–H groups in total. The molecule has 2 heterocycles. The highest BCUT2D eigenvalue weighted by atomic mass is 32.2. The maximum Gasteiger partial charge on any atom is 0.295 e. The van der Waals surface area contributed by atoms with Gasteiger partial charge < -0.3 is 9.63 Å². The Morgan fingerprint density at radius 1 is 1.20 bits per heavy atom. The Hall–Kier alpha value is -3.41. The Morgan fingerprint density at radius 2 is 1.92 bits per heavy atom. The average molecular weight is 364 g/mol. The maximum absolute atomic E-state index is 12.2. The summed E-state index contributed by atoms with van der Waals surface area (Å²) in [6.07, 6.45) is 0. The Balaban J connectivity index is 1.79. The topological polar surface area (TPSA) is 166 Å². The largest absolute Gasteiger partial charge is 0.492 e. The number of hydrogen-bond acceptors (Lipinski definition) is 8. The van der Waals surface area contributed by atoms with Gasteiger partial charge in [-0.25, -0.2) is 8.42 Å². The summed E-state index contributed by atoms with van der Waals surface area (Å²) < 4.78 is 31.5. The van der Waals surface area contributed by atoms with E-state index in [1.807, 2.05) is 0 Å². The predicted octanol–water partition coefficient (Wildman–Crippen LogP) is 1.92. The summed E-state index contributed by atoms with van der Waals surface area (Å²) in [4.78, 5) is 11.3. The molecule has 3 aromatic rings. The van der Waals surface area contributed by atoms with Gasteiger partial charge in [-0.2, -0.15) is 5.11 Å². The number of H-pyrrole nitrogens is 2. The number of aromatic amines is 2. The van der Waals surface area contributed by atoms with Gasteiger partial charge in [-0.1, -0.05) is 5.16 Å². The molecule has 0 bridgehead atoms. The van der Waals surface area contributed by atoms with Crippen molar-refractivity contribution in [2.45, 2.75) is 11.8 Å². The van der Waals surface area contributed by atoms with Crippen molar-refractivity contribution in [3.8, 4) is 5.88 Å². The summed E-state index contributed by atoms with van der Waals surface area (Å²) in [5.41, 5.74) is -0.622. The smallest absolute Gasteiger partial charge is 0.295 e. The second kappa shape index (κ2) is 6.24. The van der Waals surface area contributed by atoms with Crippen LogP contribution in [0.15, 0.2) is 54.8 Å². The van der Waals surface area contributed by atoms with Gasteiger partial charge in [0.25, 0.3) is 15.6 Å². The third-order valence-corrected chi connectivity index (χ3v) is 4.38. The number of aromatic hydroxyl groups is 1. The Kier molecular flexibility index (Phi) is 4.10. The van der Waals surface area contributed by atoms with E-state index in [0.717, 1.165) is 0 Å². The second-order valence-corrected chi connectivity index (χ2v) is 6.58. The van der Waals surface area contributed by atoms with Crippen LogP contribution in [-0.2, 0) is 10.0 Å². The lowest BCUT2D eigenvalue weighted by Crippen LogP contribution is -2.12. The minimum Gasteiger partial charge on any atom is -0.492 e. The summed E-state index contributed by atoms with van der Waals surface area (Å²) in [6, 6.07) is 6.85. The zero-order valence-corrected chi connectivity index (χ0v) is 13.5.